The summed E-state index contributed by atoms with van der Waals surface area (Å²) >= 11 is 3.30. The van der Waals surface area contributed by atoms with Gasteiger partial charge in [-0.05, 0) is 56.3 Å². The molecule has 1 fully saturated rings. The summed E-state index contributed by atoms with van der Waals surface area (Å²) in [5.74, 6) is 1.51. The topological polar surface area (TPSA) is 66.9 Å². The molecule has 1 atom stereocenters. The number of hydrogen-bond acceptors (Lipinski definition) is 6. The first-order chi connectivity index (χ1) is 12.2. The van der Waals surface area contributed by atoms with Gasteiger partial charge in [0.15, 0.2) is 4.34 Å². The molecule has 0 spiro atoms. The highest BCUT2D eigenvalue weighted by Gasteiger charge is 2.15. The first-order valence-electron chi connectivity index (χ1n) is 8.74. The van der Waals surface area contributed by atoms with E-state index in [-0.39, 0.29) is 5.91 Å². The second-order valence-corrected chi connectivity index (χ2v) is 8.73. The van der Waals surface area contributed by atoms with Gasteiger partial charge in [0.05, 0.1) is 0 Å². The molecule has 1 saturated heterocycles. The average Bonchev–Trinajstić information content (AvgIpc) is 3.07. The van der Waals surface area contributed by atoms with E-state index >= 15 is 0 Å². The summed E-state index contributed by atoms with van der Waals surface area (Å²) in [6, 6.07) is 8.08. The molecule has 2 heterocycles. The number of carbonyl (C=O) groups is 1. The Kier molecular flexibility index (Phi) is 6.84. The molecule has 5 nitrogen and oxygen atoms in total. The van der Waals surface area contributed by atoms with E-state index in [1.54, 1.807) is 23.1 Å². The number of carbonyl (C=O) groups excluding carboxylic acids is 1. The highest BCUT2D eigenvalue weighted by molar-refractivity contribution is 8.01. The summed E-state index contributed by atoms with van der Waals surface area (Å²) in [6.07, 6.45) is 3.37. The van der Waals surface area contributed by atoms with E-state index in [0.29, 0.717) is 12.5 Å². The molecule has 1 aromatic heterocycles. The fourth-order valence-electron chi connectivity index (χ4n) is 2.92. The minimum Gasteiger partial charge on any atom is -0.352 e. The van der Waals surface area contributed by atoms with E-state index in [4.69, 9.17) is 0 Å². The Labute approximate surface area is 157 Å². The summed E-state index contributed by atoms with van der Waals surface area (Å²) in [5.41, 5.74) is 2.06. The van der Waals surface area contributed by atoms with E-state index in [1.807, 2.05) is 19.1 Å². The third-order valence-corrected chi connectivity index (χ3v) is 6.34. The molecule has 1 aromatic carbocycles. The number of aromatic nitrogens is 2. The molecule has 134 valence electrons. The lowest BCUT2D eigenvalue weighted by molar-refractivity contribution is 0.0954. The lowest BCUT2D eigenvalue weighted by atomic mass is 9.91. The average molecular weight is 377 g/mol. The van der Waals surface area contributed by atoms with Gasteiger partial charge in [-0.25, -0.2) is 0 Å². The fraction of sp³-hybridized carbons (Fsp3) is 0.500. The molecule has 0 radical (unpaired) electrons. The van der Waals surface area contributed by atoms with Crippen molar-refractivity contribution >= 4 is 29.0 Å². The molecular formula is C18H24N4OS2. The number of hydrogen-bond donors (Lipinski definition) is 2. The Hall–Kier alpha value is -1.44. The Balaban J connectivity index is 1.38. The van der Waals surface area contributed by atoms with Gasteiger partial charge in [-0.1, -0.05) is 35.2 Å². The molecule has 0 saturated carbocycles. The van der Waals surface area contributed by atoms with Crippen LogP contribution in [-0.4, -0.2) is 41.5 Å². The van der Waals surface area contributed by atoms with Gasteiger partial charge in [-0.15, -0.1) is 10.2 Å². The van der Waals surface area contributed by atoms with Crippen molar-refractivity contribution in [1.29, 1.82) is 0 Å². The van der Waals surface area contributed by atoms with E-state index in [2.05, 4.69) is 33.0 Å². The van der Waals surface area contributed by atoms with Crippen LogP contribution in [0.3, 0.4) is 0 Å². The predicted octanol–water partition coefficient (Wildman–Crippen LogP) is 3.23. The van der Waals surface area contributed by atoms with Crippen molar-refractivity contribution in [3.8, 4) is 0 Å². The molecule has 1 amide bonds. The Morgan fingerprint density at radius 1 is 1.36 bits per heavy atom. The van der Waals surface area contributed by atoms with Crippen LogP contribution in [-0.2, 0) is 0 Å². The zero-order valence-electron chi connectivity index (χ0n) is 14.5. The minimum absolute atomic E-state index is 0.00470. The van der Waals surface area contributed by atoms with Crippen molar-refractivity contribution < 1.29 is 4.79 Å². The smallest absolute Gasteiger partial charge is 0.251 e. The maximum atomic E-state index is 12.2. The molecule has 0 unspecified atom stereocenters. The molecule has 0 bridgehead atoms. The van der Waals surface area contributed by atoms with Crippen LogP contribution in [0.4, 0.5) is 0 Å². The van der Waals surface area contributed by atoms with E-state index < -0.39 is 0 Å². The Morgan fingerprint density at radius 3 is 2.88 bits per heavy atom. The zero-order valence-corrected chi connectivity index (χ0v) is 16.1. The molecule has 7 heteroatoms. The second-order valence-electron chi connectivity index (χ2n) is 6.21. The summed E-state index contributed by atoms with van der Waals surface area (Å²) in [4.78, 5) is 12.2. The maximum Gasteiger partial charge on any atom is 0.251 e. The Morgan fingerprint density at radius 2 is 2.20 bits per heavy atom. The van der Waals surface area contributed by atoms with Crippen LogP contribution in [0.2, 0.25) is 0 Å². The number of piperidine rings is 1. The molecule has 2 aromatic rings. The number of rotatable bonds is 7. The number of thioether (sulfide) groups is 1. The first kappa shape index (κ1) is 18.4. The normalized spacial score (nSPS) is 17.4. The fourth-order valence-corrected chi connectivity index (χ4v) is 4.74. The van der Waals surface area contributed by atoms with Gasteiger partial charge in [-0.3, -0.25) is 4.79 Å². The van der Waals surface area contributed by atoms with Crippen molar-refractivity contribution in [2.75, 3.05) is 25.4 Å². The number of amides is 1. The van der Waals surface area contributed by atoms with Crippen LogP contribution in [0.1, 0.15) is 46.1 Å². The van der Waals surface area contributed by atoms with Crippen LogP contribution in [0, 0.1) is 6.92 Å². The number of nitrogens with one attached hydrogen (secondary N) is 2. The summed E-state index contributed by atoms with van der Waals surface area (Å²) in [6.45, 7) is 4.79. The molecule has 25 heavy (non-hydrogen) atoms. The van der Waals surface area contributed by atoms with Crippen molar-refractivity contribution in [1.82, 2.24) is 20.8 Å². The van der Waals surface area contributed by atoms with Crippen LogP contribution in [0.15, 0.2) is 28.6 Å². The number of aryl methyl sites for hydroxylation is 1. The maximum absolute atomic E-state index is 12.2. The third-order valence-electron chi connectivity index (χ3n) is 4.28. The quantitative estimate of drug-likeness (QED) is 0.574. The third kappa shape index (κ3) is 5.52. The largest absolute Gasteiger partial charge is 0.352 e. The molecule has 0 aliphatic carbocycles. The molecule has 3 rings (SSSR count). The zero-order chi connectivity index (χ0) is 17.5. The highest BCUT2D eigenvalue weighted by Crippen LogP contribution is 2.23. The molecule has 2 N–H and O–H groups in total. The van der Waals surface area contributed by atoms with Crippen LogP contribution < -0.4 is 10.6 Å². The van der Waals surface area contributed by atoms with Gasteiger partial charge in [0.1, 0.15) is 5.01 Å². The lowest BCUT2D eigenvalue weighted by Gasteiger charge is -2.23. The van der Waals surface area contributed by atoms with E-state index in [9.17, 15) is 4.79 Å². The highest BCUT2D eigenvalue weighted by atomic mass is 32.2. The van der Waals surface area contributed by atoms with Gasteiger partial charge in [0.25, 0.3) is 5.91 Å². The predicted molar refractivity (Wildman–Crippen MR) is 104 cm³/mol. The van der Waals surface area contributed by atoms with E-state index in [0.717, 1.165) is 40.2 Å². The summed E-state index contributed by atoms with van der Waals surface area (Å²) in [7, 11) is 0. The van der Waals surface area contributed by atoms with Crippen molar-refractivity contribution in [3.63, 3.8) is 0 Å². The molecular weight excluding hydrogens is 352 g/mol. The SMILES string of the molecule is Cc1nnc(SCCCNC(=O)c2ccc([C@@H]3CCCNC3)cc2)s1. The summed E-state index contributed by atoms with van der Waals surface area (Å²) in [5, 5.41) is 15.5. The van der Waals surface area contributed by atoms with Gasteiger partial charge >= 0.3 is 0 Å². The minimum atomic E-state index is 0.00470. The first-order valence-corrected chi connectivity index (χ1v) is 10.5. The van der Waals surface area contributed by atoms with Gasteiger partial charge in [-0.2, -0.15) is 0 Å². The van der Waals surface area contributed by atoms with Crippen molar-refractivity contribution in [2.24, 2.45) is 0 Å². The van der Waals surface area contributed by atoms with Crippen molar-refractivity contribution in [3.05, 3.63) is 40.4 Å². The molecule has 1 aliphatic heterocycles. The standard InChI is InChI=1S/C18H24N4OS2/c1-13-21-22-18(25-13)24-11-3-10-20-17(23)15-7-5-14(6-8-15)16-4-2-9-19-12-16/h5-8,16,19H,2-4,9-12H2,1H3,(H,20,23)/t16-/m1/s1. The monoisotopic (exact) mass is 376 g/mol. The number of benzene rings is 1. The van der Waals surface area contributed by atoms with Gasteiger partial charge in [0, 0.05) is 24.4 Å². The van der Waals surface area contributed by atoms with E-state index in [1.165, 1.54) is 18.4 Å². The lowest BCUT2D eigenvalue weighted by Crippen LogP contribution is -2.28. The van der Waals surface area contributed by atoms with Gasteiger partial charge in [0.2, 0.25) is 0 Å². The second kappa shape index (κ2) is 9.31. The number of nitrogens with zero attached hydrogens (tertiary/aromatic N) is 2. The van der Waals surface area contributed by atoms with Crippen LogP contribution >= 0.6 is 23.1 Å². The van der Waals surface area contributed by atoms with Crippen molar-refractivity contribution in [2.45, 2.75) is 36.4 Å². The Bertz CT molecular complexity index is 681. The summed E-state index contributed by atoms with van der Waals surface area (Å²) < 4.78 is 0.997. The van der Waals surface area contributed by atoms with Crippen LogP contribution in [0.25, 0.3) is 0 Å². The van der Waals surface area contributed by atoms with Crippen LogP contribution in [0.5, 0.6) is 0 Å². The van der Waals surface area contributed by atoms with Gasteiger partial charge < -0.3 is 10.6 Å². The molecule has 1 aliphatic rings.